The van der Waals surface area contributed by atoms with Crippen LogP contribution in [0.15, 0.2) is 16.8 Å². The molecule has 1 aromatic heterocycles. The largest absolute Gasteiger partial charge is 0.354 e. The zero-order chi connectivity index (χ0) is 15.4. The van der Waals surface area contributed by atoms with E-state index >= 15 is 0 Å². The van der Waals surface area contributed by atoms with E-state index in [1.54, 1.807) is 11.3 Å². The first-order chi connectivity index (χ1) is 10.7. The monoisotopic (exact) mass is 357 g/mol. The summed E-state index contributed by atoms with van der Waals surface area (Å²) in [7, 11) is 0. The SMILES string of the molecule is Cl.O=C(NCC1CCCN(C(=O)c2ccsc2)C1)C1CCCN1. The van der Waals surface area contributed by atoms with Crippen molar-refractivity contribution in [3.8, 4) is 0 Å². The highest BCUT2D eigenvalue weighted by molar-refractivity contribution is 7.08. The molecular weight excluding hydrogens is 334 g/mol. The topological polar surface area (TPSA) is 61.4 Å². The summed E-state index contributed by atoms with van der Waals surface area (Å²) in [4.78, 5) is 26.4. The second kappa shape index (κ2) is 8.66. The van der Waals surface area contributed by atoms with Gasteiger partial charge in [-0.05, 0) is 49.6 Å². The highest BCUT2D eigenvalue weighted by Gasteiger charge is 2.26. The molecule has 7 heteroatoms. The third-order valence-corrected chi connectivity index (χ3v) is 5.20. The lowest BCUT2D eigenvalue weighted by Gasteiger charge is -2.33. The van der Waals surface area contributed by atoms with Crippen molar-refractivity contribution >= 4 is 35.6 Å². The summed E-state index contributed by atoms with van der Waals surface area (Å²) in [6.07, 6.45) is 4.09. The summed E-state index contributed by atoms with van der Waals surface area (Å²) in [6.45, 7) is 3.17. The molecule has 2 unspecified atom stereocenters. The van der Waals surface area contributed by atoms with Gasteiger partial charge in [0, 0.05) is 25.0 Å². The summed E-state index contributed by atoms with van der Waals surface area (Å²) in [5.74, 6) is 0.593. The van der Waals surface area contributed by atoms with E-state index in [-0.39, 0.29) is 30.3 Å². The van der Waals surface area contributed by atoms with Gasteiger partial charge in [0.25, 0.3) is 5.91 Å². The van der Waals surface area contributed by atoms with Crippen molar-refractivity contribution in [3.05, 3.63) is 22.4 Å². The van der Waals surface area contributed by atoms with E-state index in [0.29, 0.717) is 12.5 Å². The number of amides is 2. The fourth-order valence-electron chi connectivity index (χ4n) is 3.26. The minimum Gasteiger partial charge on any atom is -0.354 e. The molecule has 2 saturated heterocycles. The highest BCUT2D eigenvalue weighted by Crippen LogP contribution is 2.19. The molecule has 5 nitrogen and oxygen atoms in total. The van der Waals surface area contributed by atoms with Gasteiger partial charge in [-0.3, -0.25) is 9.59 Å². The van der Waals surface area contributed by atoms with E-state index in [2.05, 4.69) is 10.6 Å². The Morgan fingerprint density at radius 1 is 1.35 bits per heavy atom. The molecule has 2 aliphatic heterocycles. The molecule has 2 N–H and O–H groups in total. The second-order valence-electron chi connectivity index (χ2n) is 6.17. The molecule has 1 aromatic rings. The number of nitrogens with zero attached hydrogens (tertiary/aromatic N) is 1. The Morgan fingerprint density at radius 3 is 2.91 bits per heavy atom. The molecular formula is C16H24ClN3O2S. The van der Waals surface area contributed by atoms with Crippen molar-refractivity contribution in [1.29, 1.82) is 0 Å². The number of rotatable bonds is 4. The van der Waals surface area contributed by atoms with Gasteiger partial charge in [-0.2, -0.15) is 11.3 Å². The van der Waals surface area contributed by atoms with E-state index in [0.717, 1.165) is 50.9 Å². The molecule has 2 fully saturated rings. The fourth-order valence-corrected chi connectivity index (χ4v) is 3.89. The van der Waals surface area contributed by atoms with Gasteiger partial charge in [-0.25, -0.2) is 0 Å². The number of carbonyl (C=O) groups is 2. The van der Waals surface area contributed by atoms with Crippen LogP contribution < -0.4 is 10.6 Å². The Kier molecular flexibility index (Phi) is 6.87. The molecule has 128 valence electrons. The van der Waals surface area contributed by atoms with Crippen LogP contribution in [0.4, 0.5) is 0 Å². The Morgan fingerprint density at radius 2 is 2.22 bits per heavy atom. The zero-order valence-electron chi connectivity index (χ0n) is 13.1. The summed E-state index contributed by atoms with van der Waals surface area (Å²) >= 11 is 1.55. The molecule has 0 bridgehead atoms. The number of halogens is 1. The fraction of sp³-hybridized carbons (Fsp3) is 0.625. The van der Waals surface area contributed by atoms with Crippen LogP contribution >= 0.6 is 23.7 Å². The van der Waals surface area contributed by atoms with Gasteiger partial charge in [0.15, 0.2) is 0 Å². The lowest BCUT2D eigenvalue weighted by Crippen LogP contribution is -2.46. The number of hydrogen-bond donors (Lipinski definition) is 2. The number of thiophene rings is 1. The van der Waals surface area contributed by atoms with Crippen LogP contribution in [0.5, 0.6) is 0 Å². The standard InChI is InChI=1S/C16H23N3O2S.ClH/c20-15(14-4-1-6-17-14)18-9-12-3-2-7-19(10-12)16(21)13-5-8-22-11-13;/h5,8,11-12,14,17H,1-4,6-7,9-10H2,(H,18,20);1H. The quantitative estimate of drug-likeness (QED) is 0.865. The third-order valence-electron chi connectivity index (χ3n) is 4.52. The lowest BCUT2D eigenvalue weighted by atomic mass is 9.97. The number of likely N-dealkylation sites (tertiary alicyclic amines) is 1. The molecule has 2 amide bonds. The van der Waals surface area contributed by atoms with Gasteiger partial charge in [0.2, 0.25) is 5.91 Å². The lowest BCUT2D eigenvalue weighted by molar-refractivity contribution is -0.123. The first-order valence-corrected chi connectivity index (χ1v) is 9.01. The van der Waals surface area contributed by atoms with Crippen LogP contribution in [0.3, 0.4) is 0 Å². The minimum absolute atomic E-state index is 0. The molecule has 2 aliphatic rings. The average Bonchev–Trinajstić information content (AvgIpc) is 3.25. The van der Waals surface area contributed by atoms with E-state index in [1.165, 1.54) is 0 Å². The van der Waals surface area contributed by atoms with Gasteiger partial charge in [0.1, 0.15) is 0 Å². The number of nitrogens with one attached hydrogen (secondary N) is 2. The highest BCUT2D eigenvalue weighted by atomic mass is 35.5. The number of carbonyl (C=O) groups excluding carboxylic acids is 2. The molecule has 23 heavy (non-hydrogen) atoms. The smallest absolute Gasteiger partial charge is 0.254 e. The van der Waals surface area contributed by atoms with Gasteiger partial charge >= 0.3 is 0 Å². The zero-order valence-corrected chi connectivity index (χ0v) is 14.8. The summed E-state index contributed by atoms with van der Waals surface area (Å²) < 4.78 is 0. The van der Waals surface area contributed by atoms with Crippen LogP contribution in [-0.2, 0) is 4.79 Å². The van der Waals surface area contributed by atoms with Gasteiger partial charge < -0.3 is 15.5 Å². The van der Waals surface area contributed by atoms with Crippen molar-refractivity contribution in [2.75, 3.05) is 26.2 Å². The summed E-state index contributed by atoms with van der Waals surface area (Å²) in [6, 6.07) is 1.86. The van der Waals surface area contributed by atoms with E-state index in [4.69, 9.17) is 0 Å². The molecule has 2 atom stereocenters. The third kappa shape index (κ3) is 4.68. The molecule has 0 spiro atoms. The molecule has 0 aliphatic carbocycles. The van der Waals surface area contributed by atoms with Gasteiger partial charge in [-0.1, -0.05) is 0 Å². The van der Waals surface area contributed by atoms with Crippen LogP contribution in [0.25, 0.3) is 0 Å². The van der Waals surface area contributed by atoms with Crippen molar-refractivity contribution < 1.29 is 9.59 Å². The summed E-state index contributed by atoms with van der Waals surface area (Å²) in [5.41, 5.74) is 0.782. The first-order valence-electron chi connectivity index (χ1n) is 8.06. The van der Waals surface area contributed by atoms with Crippen LogP contribution in [-0.4, -0.2) is 48.9 Å². The second-order valence-corrected chi connectivity index (χ2v) is 6.95. The Labute approximate surface area is 147 Å². The van der Waals surface area contributed by atoms with Crippen molar-refractivity contribution in [3.63, 3.8) is 0 Å². The van der Waals surface area contributed by atoms with E-state index < -0.39 is 0 Å². The first kappa shape index (κ1) is 18.2. The molecule has 0 radical (unpaired) electrons. The van der Waals surface area contributed by atoms with E-state index in [1.807, 2.05) is 21.7 Å². The van der Waals surface area contributed by atoms with Crippen LogP contribution in [0.2, 0.25) is 0 Å². The minimum atomic E-state index is -0.0212. The van der Waals surface area contributed by atoms with Crippen LogP contribution in [0, 0.1) is 5.92 Å². The normalized spacial score (nSPS) is 24.1. The van der Waals surface area contributed by atoms with Gasteiger partial charge in [-0.15, -0.1) is 12.4 Å². The van der Waals surface area contributed by atoms with Crippen LogP contribution in [0.1, 0.15) is 36.0 Å². The predicted octanol–water partition coefficient (Wildman–Crippen LogP) is 1.89. The Hall–Kier alpha value is -1.11. The molecule has 3 heterocycles. The van der Waals surface area contributed by atoms with Crippen molar-refractivity contribution in [2.45, 2.75) is 31.7 Å². The van der Waals surface area contributed by atoms with Crippen molar-refractivity contribution in [1.82, 2.24) is 15.5 Å². The number of piperidine rings is 1. The molecule has 0 aromatic carbocycles. The maximum atomic E-state index is 12.4. The maximum absolute atomic E-state index is 12.4. The Balaban J connectivity index is 0.00000192. The molecule has 3 rings (SSSR count). The summed E-state index contributed by atoms with van der Waals surface area (Å²) in [5, 5.41) is 10.1. The van der Waals surface area contributed by atoms with Crippen molar-refractivity contribution in [2.24, 2.45) is 5.92 Å². The van der Waals surface area contributed by atoms with Gasteiger partial charge in [0.05, 0.1) is 11.6 Å². The van der Waals surface area contributed by atoms with E-state index in [9.17, 15) is 9.59 Å². The predicted molar refractivity (Wildman–Crippen MR) is 94.2 cm³/mol. The average molecular weight is 358 g/mol. The number of hydrogen-bond acceptors (Lipinski definition) is 4. The Bertz CT molecular complexity index is 517. The maximum Gasteiger partial charge on any atom is 0.254 e. The molecule has 0 saturated carbocycles.